The highest BCUT2D eigenvalue weighted by Gasteiger charge is 2.15. The molecular weight excluding hydrogens is 254 g/mol. The lowest BCUT2D eigenvalue weighted by Crippen LogP contribution is -2.00. The Balaban J connectivity index is 2.69. The Hall–Kier alpha value is -1.81. The molecule has 0 amide bonds. The third kappa shape index (κ3) is 2.56. The number of nitrogens with zero attached hydrogens (tertiary/aromatic N) is 1. The topological polar surface area (TPSA) is 62.5 Å². The van der Waals surface area contributed by atoms with E-state index in [1.54, 1.807) is 12.1 Å². The Morgan fingerprint density at radius 1 is 1.25 bits per heavy atom. The SMILES string of the molecule is CCc1cc(C(=O)O)cc2c(CCCO)cn(CC)c12. The monoisotopic (exact) mass is 275 g/mol. The molecule has 0 radical (unpaired) electrons. The molecule has 1 heterocycles. The first-order chi connectivity index (χ1) is 9.62. The summed E-state index contributed by atoms with van der Waals surface area (Å²) in [4.78, 5) is 11.3. The molecule has 4 heteroatoms. The van der Waals surface area contributed by atoms with Crippen molar-refractivity contribution in [3.8, 4) is 0 Å². The van der Waals surface area contributed by atoms with E-state index in [1.807, 2.05) is 6.92 Å². The number of benzene rings is 1. The number of rotatable bonds is 6. The molecular formula is C16H21NO3. The van der Waals surface area contributed by atoms with Crippen molar-refractivity contribution in [2.75, 3.05) is 6.61 Å². The predicted molar refractivity (Wildman–Crippen MR) is 79.4 cm³/mol. The van der Waals surface area contributed by atoms with Crippen molar-refractivity contribution >= 4 is 16.9 Å². The zero-order valence-electron chi connectivity index (χ0n) is 12.0. The van der Waals surface area contributed by atoms with Crippen molar-refractivity contribution in [2.24, 2.45) is 0 Å². The fourth-order valence-corrected chi connectivity index (χ4v) is 2.71. The van der Waals surface area contributed by atoms with E-state index in [2.05, 4.69) is 17.7 Å². The van der Waals surface area contributed by atoms with Gasteiger partial charge in [0.1, 0.15) is 0 Å². The molecule has 1 aromatic carbocycles. The molecule has 0 aliphatic heterocycles. The molecule has 108 valence electrons. The van der Waals surface area contributed by atoms with Crippen LogP contribution in [0.2, 0.25) is 0 Å². The summed E-state index contributed by atoms with van der Waals surface area (Å²) in [5, 5.41) is 19.3. The van der Waals surface area contributed by atoms with Gasteiger partial charge in [0.15, 0.2) is 0 Å². The summed E-state index contributed by atoms with van der Waals surface area (Å²) in [7, 11) is 0. The Labute approximate surface area is 118 Å². The summed E-state index contributed by atoms with van der Waals surface area (Å²) in [5.74, 6) is -0.890. The van der Waals surface area contributed by atoms with E-state index in [-0.39, 0.29) is 6.61 Å². The van der Waals surface area contributed by atoms with E-state index in [0.29, 0.717) is 12.0 Å². The van der Waals surface area contributed by atoms with Gasteiger partial charge in [0.2, 0.25) is 0 Å². The summed E-state index contributed by atoms with van der Waals surface area (Å²) >= 11 is 0. The van der Waals surface area contributed by atoms with Crippen molar-refractivity contribution in [3.05, 3.63) is 35.0 Å². The second-order valence-corrected chi connectivity index (χ2v) is 4.96. The number of aliphatic hydroxyl groups excluding tert-OH is 1. The zero-order valence-corrected chi connectivity index (χ0v) is 12.0. The lowest BCUT2D eigenvalue weighted by atomic mass is 10.0. The minimum Gasteiger partial charge on any atom is -0.478 e. The molecule has 0 fully saturated rings. The highest BCUT2D eigenvalue weighted by Crippen LogP contribution is 2.28. The maximum atomic E-state index is 11.3. The highest BCUT2D eigenvalue weighted by atomic mass is 16.4. The summed E-state index contributed by atoms with van der Waals surface area (Å²) in [6.07, 6.45) is 4.36. The fourth-order valence-electron chi connectivity index (χ4n) is 2.71. The molecule has 0 spiro atoms. The standard InChI is InChI=1S/C16H21NO3/c1-3-11-8-13(16(19)20)9-14-12(6-5-7-18)10-17(4-2)15(11)14/h8-10,18H,3-7H2,1-2H3,(H,19,20). The van der Waals surface area contributed by atoms with E-state index in [1.165, 1.54) is 0 Å². The number of hydrogen-bond donors (Lipinski definition) is 2. The van der Waals surface area contributed by atoms with E-state index >= 15 is 0 Å². The van der Waals surface area contributed by atoms with Gasteiger partial charge in [0.25, 0.3) is 0 Å². The summed E-state index contributed by atoms with van der Waals surface area (Å²) in [6, 6.07) is 3.53. The van der Waals surface area contributed by atoms with E-state index < -0.39 is 5.97 Å². The normalized spacial score (nSPS) is 11.2. The Kier molecular flexibility index (Phi) is 4.45. The quantitative estimate of drug-likeness (QED) is 0.852. The van der Waals surface area contributed by atoms with Crippen LogP contribution in [-0.4, -0.2) is 27.4 Å². The minimum atomic E-state index is -0.890. The van der Waals surface area contributed by atoms with Crippen LogP contribution < -0.4 is 0 Å². The average Bonchev–Trinajstić information content (AvgIpc) is 2.82. The van der Waals surface area contributed by atoms with Crippen molar-refractivity contribution in [2.45, 2.75) is 39.7 Å². The molecule has 0 aliphatic carbocycles. The van der Waals surface area contributed by atoms with Crippen LogP contribution in [0.3, 0.4) is 0 Å². The van der Waals surface area contributed by atoms with Gasteiger partial charge in [-0.2, -0.15) is 0 Å². The van der Waals surface area contributed by atoms with E-state index in [4.69, 9.17) is 5.11 Å². The van der Waals surface area contributed by atoms with Gasteiger partial charge in [-0.15, -0.1) is 0 Å². The third-order valence-electron chi connectivity index (χ3n) is 3.71. The van der Waals surface area contributed by atoms with Gasteiger partial charge in [-0.25, -0.2) is 4.79 Å². The molecule has 4 nitrogen and oxygen atoms in total. The van der Waals surface area contributed by atoms with Gasteiger partial charge >= 0.3 is 5.97 Å². The van der Waals surface area contributed by atoms with Crippen LogP contribution in [0.25, 0.3) is 10.9 Å². The molecule has 0 atom stereocenters. The van der Waals surface area contributed by atoms with Gasteiger partial charge < -0.3 is 14.8 Å². The number of aromatic carboxylic acids is 1. The minimum absolute atomic E-state index is 0.151. The van der Waals surface area contributed by atoms with Gasteiger partial charge in [-0.3, -0.25) is 0 Å². The van der Waals surface area contributed by atoms with Gasteiger partial charge in [0, 0.05) is 24.7 Å². The van der Waals surface area contributed by atoms with E-state index in [0.717, 1.165) is 41.4 Å². The maximum absolute atomic E-state index is 11.3. The predicted octanol–water partition coefficient (Wildman–Crippen LogP) is 2.85. The molecule has 0 bridgehead atoms. The second-order valence-electron chi connectivity index (χ2n) is 4.96. The molecule has 2 rings (SSSR count). The number of aliphatic hydroxyl groups is 1. The lowest BCUT2D eigenvalue weighted by molar-refractivity contribution is 0.0697. The summed E-state index contributed by atoms with van der Waals surface area (Å²) in [6.45, 7) is 5.13. The van der Waals surface area contributed by atoms with Crippen LogP contribution in [-0.2, 0) is 19.4 Å². The molecule has 2 aromatic rings. The first-order valence-electron chi connectivity index (χ1n) is 7.11. The molecule has 0 aliphatic rings. The lowest BCUT2D eigenvalue weighted by Gasteiger charge is -2.08. The van der Waals surface area contributed by atoms with Crippen LogP contribution in [0.5, 0.6) is 0 Å². The fraction of sp³-hybridized carbons (Fsp3) is 0.438. The first kappa shape index (κ1) is 14.6. The molecule has 1 aromatic heterocycles. The van der Waals surface area contributed by atoms with Crippen molar-refractivity contribution < 1.29 is 15.0 Å². The van der Waals surface area contributed by atoms with Gasteiger partial charge in [-0.05, 0) is 49.4 Å². The third-order valence-corrected chi connectivity index (χ3v) is 3.71. The van der Waals surface area contributed by atoms with Crippen molar-refractivity contribution in [1.29, 1.82) is 0 Å². The summed E-state index contributed by atoms with van der Waals surface area (Å²) in [5.41, 5.74) is 3.66. The molecule has 0 saturated carbocycles. The second kappa shape index (κ2) is 6.09. The summed E-state index contributed by atoms with van der Waals surface area (Å²) < 4.78 is 2.17. The molecule has 2 N–H and O–H groups in total. The Morgan fingerprint density at radius 2 is 2.00 bits per heavy atom. The number of carbonyl (C=O) groups is 1. The smallest absolute Gasteiger partial charge is 0.335 e. The molecule has 0 saturated heterocycles. The van der Waals surface area contributed by atoms with Gasteiger partial charge in [-0.1, -0.05) is 6.92 Å². The number of carboxylic acids is 1. The van der Waals surface area contributed by atoms with Crippen LogP contribution in [0.4, 0.5) is 0 Å². The Morgan fingerprint density at radius 3 is 2.55 bits per heavy atom. The molecule has 20 heavy (non-hydrogen) atoms. The molecule has 0 unspecified atom stereocenters. The highest BCUT2D eigenvalue weighted by molar-refractivity contribution is 5.96. The van der Waals surface area contributed by atoms with Gasteiger partial charge in [0.05, 0.1) is 11.1 Å². The van der Waals surface area contributed by atoms with Crippen LogP contribution in [0.15, 0.2) is 18.3 Å². The zero-order chi connectivity index (χ0) is 14.7. The van der Waals surface area contributed by atoms with Crippen molar-refractivity contribution in [3.63, 3.8) is 0 Å². The maximum Gasteiger partial charge on any atom is 0.335 e. The van der Waals surface area contributed by atoms with Crippen molar-refractivity contribution in [1.82, 2.24) is 4.57 Å². The number of aromatic nitrogens is 1. The average molecular weight is 275 g/mol. The number of hydrogen-bond acceptors (Lipinski definition) is 2. The number of aryl methyl sites for hydroxylation is 3. The largest absolute Gasteiger partial charge is 0.478 e. The number of carboxylic acid groups (broad SMARTS) is 1. The van der Waals surface area contributed by atoms with Crippen LogP contribution >= 0.6 is 0 Å². The first-order valence-corrected chi connectivity index (χ1v) is 7.11. The van der Waals surface area contributed by atoms with Crippen LogP contribution in [0, 0.1) is 0 Å². The van der Waals surface area contributed by atoms with Crippen LogP contribution in [0.1, 0.15) is 41.8 Å². The van der Waals surface area contributed by atoms with E-state index in [9.17, 15) is 9.90 Å². The Bertz CT molecular complexity index is 628. The number of fused-ring (bicyclic) bond motifs is 1.